The van der Waals surface area contributed by atoms with Gasteiger partial charge < -0.3 is 10.1 Å². The third kappa shape index (κ3) is 5.57. The van der Waals surface area contributed by atoms with Crippen LogP contribution in [-0.4, -0.2) is 18.5 Å². The van der Waals surface area contributed by atoms with Crippen LogP contribution in [0.3, 0.4) is 0 Å². The Labute approximate surface area is 140 Å². The molecule has 1 amide bonds. The largest absolute Gasteiger partial charge is 0.456 e. The topological polar surface area (TPSA) is 79.2 Å². The second-order valence-corrected chi connectivity index (χ2v) is 6.13. The van der Waals surface area contributed by atoms with E-state index in [1.807, 2.05) is 6.07 Å². The Morgan fingerprint density at radius 3 is 2.70 bits per heavy atom. The van der Waals surface area contributed by atoms with E-state index in [1.54, 1.807) is 6.07 Å². The molecule has 0 spiro atoms. The van der Waals surface area contributed by atoms with Crippen LogP contribution >= 0.6 is 11.6 Å². The average molecular weight is 335 g/mol. The van der Waals surface area contributed by atoms with Crippen LogP contribution in [0.2, 0.25) is 5.02 Å². The van der Waals surface area contributed by atoms with E-state index in [9.17, 15) is 9.59 Å². The zero-order valence-corrected chi connectivity index (χ0v) is 13.6. The molecule has 1 N–H and O–H groups in total. The molecule has 1 aliphatic rings. The van der Waals surface area contributed by atoms with E-state index in [0.717, 1.165) is 25.7 Å². The molecule has 0 heterocycles. The summed E-state index contributed by atoms with van der Waals surface area (Å²) in [7, 11) is 0. The van der Waals surface area contributed by atoms with Crippen LogP contribution < -0.4 is 5.32 Å². The first-order valence-electron chi connectivity index (χ1n) is 7.73. The third-order valence-electron chi connectivity index (χ3n) is 3.92. The Kier molecular flexibility index (Phi) is 6.42. The number of ether oxygens (including phenoxy) is 1. The lowest BCUT2D eigenvalue weighted by Gasteiger charge is -2.20. The van der Waals surface area contributed by atoms with Gasteiger partial charge in [-0.05, 0) is 37.0 Å². The van der Waals surface area contributed by atoms with Crippen molar-refractivity contribution in [3.8, 4) is 6.07 Å². The van der Waals surface area contributed by atoms with Crippen molar-refractivity contribution in [3.63, 3.8) is 0 Å². The zero-order chi connectivity index (χ0) is 16.7. The summed E-state index contributed by atoms with van der Waals surface area (Å²) >= 11 is 5.89. The highest BCUT2D eigenvalue weighted by Gasteiger charge is 2.18. The molecular formula is C17H19ClN2O3. The highest BCUT2D eigenvalue weighted by atomic mass is 35.5. The summed E-state index contributed by atoms with van der Waals surface area (Å²) in [6.45, 7) is -0.316. The molecule has 0 unspecified atom stereocenters. The lowest BCUT2D eigenvalue weighted by molar-refractivity contribution is -0.148. The Hall–Kier alpha value is -2.06. The van der Waals surface area contributed by atoms with Gasteiger partial charge in [0.05, 0.1) is 10.6 Å². The molecule has 0 aromatic heterocycles. The first-order valence-corrected chi connectivity index (χ1v) is 8.11. The summed E-state index contributed by atoms with van der Waals surface area (Å²) < 4.78 is 5.02. The number of anilines is 1. The Morgan fingerprint density at radius 2 is 2.04 bits per heavy atom. The number of nitrogens with zero attached hydrogens (tertiary/aromatic N) is 1. The van der Waals surface area contributed by atoms with Crippen molar-refractivity contribution in [2.24, 2.45) is 5.92 Å². The van der Waals surface area contributed by atoms with E-state index >= 15 is 0 Å². The van der Waals surface area contributed by atoms with Crippen LogP contribution in [-0.2, 0) is 14.3 Å². The summed E-state index contributed by atoms with van der Waals surface area (Å²) in [5.41, 5.74) is 0.797. The van der Waals surface area contributed by atoms with Crippen LogP contribution in [0.1, 0.15) is 44.1 Å². The number of carbonyl (C=O) groups is 2. The highest BCUT2D eigenvalue weighted by Crippen LogP contribution is 2.26. The van der Waals surface area contributed by atoms with Crippen LogP contribution in [0.15, 0.2) is 18.2 Å². The summed E-state index contributed by atoms with van der Waals surface area (Å²) in [4.78, 5) is 23.5. The molecule has 1 aromatic carbocycles. The fourth-order valence-corrected chi connectivity index (χ4v) is 2.94. The molecule has 0 bridgehead atoms. The quantitative estimate of drug-likeness (QED) is 0.833. The smallest absolute Gasteiger partial charge is 0.306 e. The first-order chi connectivity index (χ1) is 11.1. The molecule has 0 saturated heterocycles. The number of hydrogen-bond acceptors (Lipinski definition) is 4. The summed E-state index contributed by atoms with van der Waals surface area (Å²) in [5.74, 6) is -0.371. The molecular weight excluding hydrogens is 316 g/mol. The Balaban J connectivity index is 1.75. The molecule has 1 saturated carbocycles. The second-order valence-electron chi connectivity index (χ2n) is 5.72. The van der Waals surface area contributed by atoms with E-state index in [-0.39, 0.29) is 17.6 Å². The highest BCUT2D eigenvalue weighted by molar-refractivity contribution is 6.32. The summed E-state index contributed by atoms with van der Waals surface area (Å²) in [6.07, 6.45) is 6.07. The molecule has 0 atom stereocenters. The number of nitrogens with one attached hydrogen (secondary N) is 1. The number of rotatable bonds is 5. The van der Waals surface area contributed by atoms with Crippen molar-refractivity contribution >= 4 is 29.2 Å². The number of carbonyl (C=O) groups excluding carboxylic acids is 2. The van der Waals surface area contributed by atoms with Gasteiger partial charge in [0, 0.05) is 12.1 Å². The molecule has 1 aromatic rings. The van der Waals surface area contributed by atoms with Crippen LogP contribution in [0.4, 0.5) is 5.69 Å². The van der Waals surface area contributed by atoms with Gasteiger partial charge in [0.25, 0.3) is 5.91 Å². The predicted octanol–water partition coefficient (Wildman–Crippen LogP) is 3.66. The van der Waals surface area contributed by atoms with Crippen molar-refractivity contribution in [1.82, 2.24) is 0 Å². The van der Waals surface area contributed by atoms with Gasteiger partial charge >= 0.3 is 5.97 Å². The molecule has 122 valence electrons. The molecule has 5 nitrogen and oxygen atoms in total. The molecule has 6 heteroatoms. The van der Waals surface area contributed by atoms with Gasteiger partial charge in [-0.3, -0.25) is 9.59 Å². The minimum absolute atomic E-state index is 0.264. The number of nitriles is 1. The number of esters is 1. The van der Waals surface area contributed by atoms with Crippen molar-refractivity contribution in [2.45, 2.75) is 38.5 Å². The minimum Gasteiger partial charge on any atom is -0.456 e. The van der Waals surface area contributed by atoms with Gasteiger partial charge in [-0.1, -0.05) is 30.9 Å². The first kappa shape index (κ1) is 17.3. The third-order valence-corrected chi connectivity index (χ3v) is 4.23. The Morgan fingerprint density at radius 1 is 1.30 bits per heavy atom. The standard InChI is InChI=1S/C17H19ClN2O3/c18-15-9-14(7-6-13(15)10-19)20-16(21)11-23-17(22)8-12-4-2-1-3-5-12/h6-7,9,12H,1-5,8,11H2,(H,20,21). The van der Waals surface area contributed by atoms with Crippen LogP contribution in [0, 0.1) is 17.2 Å². The molecule has 23 heavy (non-hydrogen) atoms. The molecule has 0 aliphatic heterocycles. The van der Waals surface area contributed by atoms with Gasteiger partial charge in [0.1, 0.15) is 6.07 Å². The van der Waals surface area contributed by atoms with E-state index in [2.05, 4.69) is 5.32 Å². The number of hydrogen-bond donors (Lipinski definition) is 1. The van der Waals surface area contributed by atoms with E-state index in [4.69, 9.17) is 21.6 Å². The SMILES string of the molecule is N#Cc1ccc(NC(=O)COC(=O)CC2CCCCC2)cc1Cl. The number of amides is 1. The number of benzene rings is 1. The number of halogens is 1. The van der Waals surface area contributed by atoms with E-state index < -0.39 is 5.91 Å². The maximum atomic E-state index is 11.8. The maximum absolute atomic E-state index is 11.8. The van der Waals surface area contributed by atoms with Gasteiger partial charge in [0.15, 0.2) is 6.61 Å². The van der Waals surface area contributed by atoms with Gasteiger partial charge in [-0.2, -0.15) is 5.26 Å². The normalized spacial score (nSPS) is 14.8. The summed E-state index contributed by atoms with van der Waals surface area (Å²) in [5, 5.41) is 11.6. The van der Waals surface area contributed by atoms with E-state index in [0.29, 0.717) is 23.6 Å². The monoisotopic (exact) mass is 334 g/mol. The van der Waals surface area contributed by atoms with Gasteiger partial charge in [-0.15, -0.1) is 0 Å². The Bertz CT molecular complexity index is 619. The zero-order valence-electron chi connectivity index (χ0n) is 12.8. The average Bonchev–Trinajstić information content (AvgIpc) is 2.54. The lowest BCUT2D eigenvalue weighted by atomic mass is 9.87. The van der Waals surface area contributed by atoms with E-state index in [1.165, 1.54) is 18.6 Å². The van der Waals surface area contributed by atoms with Crippen LogP contribution in [0.5, 0.6) is 0 Å². The second kappa shape index (κ2) is 8.54. The van der Waals surface area contributed by atoms with Gasteiger partial charge in [-0.25, -0.2) is 0 Å². The van der Waals surface area contributed by atoms with Crippen molar-refractivity contribution in [2.75, 3.05) is 11.9 Å². The molecule has 2 rings (SSSR count). The van der Waals surface area contributed by atoms with Crippen molar-refractivity contribution < 1.29 is 14.3 Å². The molecule has 0 radical (unpaired) electrons. The molecule has 1 aliphatic carbocycles. The maximum Gasteiger partial charge on any atom is 0.306 e. The fourth-order valence-electron chi connectivity index (χ4n) is 2.71. The van der Waals surface area contributed by atoms with Crippen molar-refractivity contribution in [3.05, 3.63) is 28.8 Å². The van der Waals surface area contributed by atoms with Gasteiger partial charge in [0.2, 0.25) is 0 Å². The fraction of sp³-hybridized carbons (Fsp3) is 0.471. The predicted molar refractivity (Wildman–Crippen MR) is 86.9 cm³/mol. The molecule has 1 fully saturated rings. The summed E-state index contributed by atoms with van der Waals surface area (Å²) in [6, 6.07) is 6.52. The van der Waals surface area contributed by atoms with Crippen molar-refractivity contribution in [1.29, 1.82) is 5.26 Å². The van der Waals surface area contributed by atoms with Crippen LogP contribution in [0.25, 0.3) is 0 Å². The minimum atomic E-state index is -0.428. The lowest BCUT2D eigenvalue weighted by Crippen LogP contribution is -2.22.